The Morgan fingerprint density at radius 1 is 1.36 bits per heavy atom. The third kappa shape index (κ3) is 3.86. The average molecular weight is 419 g/mol. The second-order valence-corrected chi connectivity index (χ2v) is 7.14. The molecule has 0 aliphatic carbocycles. The second-order valence-electron chi connectivity index (χ2n) is 5.97. The Balaban J connectivity index is 2.45. The molecule has 138 valence electrons. The standard InChI is InChI=1S/C15H20N2O7Se/c1-7-5-17(14(21)16-13(7)20)15(4)12(25)11(23-9(3)19)10(24-15)6-22-8(2)18/h5,10-12,25H,6H2,1-4H3,(H,16,20,21)/t10-,11-,12-,15-/m1/s1. The number of hydrogen-bond donors (Lipinski definition) is 1. The molecule has 0 unspecified atom stereocenters. The maximum absolute atomic E-state index is 12.3. The van der Waals surface area contributed by atoms with Crippen molar-refractivity contribution in [2.75, 3.05) is 6.61 Å². The molecule has 10 heteroatoms. The fourth-order valence-electron chi connectivity index (χ4n) is 2.71. The number of esters is 2. The molecular weight excluding hydrogens is 399 g/mol. The Bertz CT molecular complexity index is 802. The van der Waals surface area contributed by atoms with Crippen molar-refractivity contribution in [1.29, 1.82) is 0 Å². The molecule has 2 heterocycles. The van der Waals surface area contributed by atoms with E-state index in [2.05, 4.69) is 21.0 Å². The molecule has 0 radical (unpaired) electrons. The quantitative estimate of drug-likeness (QED) is 0.497. The topological polar surface area (TPSA) is 117 Å². The van der Waals surface area contributed by atoms with Gasteiger partial charge in [0.2, 0.25) is 0 Å². The molecule has 0 bridgehead atoms. The maximum atomic E-state index is 12.3. The number of carbonyl (C=O) groups is 2. The second kappa shape index (κ2) is 7.15. The van der Waals surface area contributed by atoms with Crippen molar-refractivity contribution in [3.8, 4) is 0 Å². The van der Waals surface area contributed by atoms with Crippen LogP contribution in [0.1, 0.15) is 26.3 Å². The predicted molar refractivity (Wildman–Crippen MR) is 87.7 cm³/mol. The van der Waals surface area contributed by atoms with E-state index in [9.17, 15) is 19.2 Å². The zero-order valence-electron chi connectivity index (χ0n) is 14.3. The molecule has 0 saturated carbocycles. The van der Waals surface area contributed by atoms with E-state index in [4.69, 9.17) is 14.2 Å². The zero-order chi connectivity index (χ0) is 18.9. The van der Waals surface area contributed by atoms with Crippen molar-refractivity contribution >= 4 is 28.0 Å². The Morgan fingerprint density at radius 3 is 2.56 bits per heavy atom. The molecule has 9 nitrogen and oxygen atoms in total. The van der Waals surface area contributed by atoms with E-state index in [0.29, 0.717) is 5.56 Å². The molecule has 1 saturated heterocycles. The van der Waals surface area contributed by atoms with Gasteiger partial charge >= 0.3 is 151 Å². The van der Waals surface area contributed by atoms with Crippen LogP contribution < -0.4 is 11.2 Å². The third-order valence-corrected chi connectivity index (χ3v) is 5.59. The first-order valence-electron chi connectivity index (χ1n) is 7.55. The van der Waals surface area contributed by atoms with Gasteiger partial charge in [0.05, 0.1) is 0 Å². The molecule has 0 amide bonds. The molecule has 25 heavy (non-hydrogen) atoms. The molecule has 1 N–H and O–H groups in total. The minimum atomic E-state index is -1.23. The van der Waals surface area contributed by atoms with Gasteiger partial charge in [0.25, 0.3) is 0 Å². The molecule has 2 rings (SSSR count). The summed E-state index contributed by atoms with van der Waals surface area (Å²) in [6.45, 7) is 5.58. The summed E-state index contributed by atoms with van der Waals surface area (Å²) in [4.78, 5) is 48.1. The normalized spacial score (nSPS) is 28.6. The van der Waals surface area contributed by atoms with Gasteiger partial charge in [-0.25, -0.2) is 0 Å². The van der Waals surface area contributed by atoms with Gasteiger partial charge in [-0.15, -0.1) is 0 Å². The number of nitrogens with zero attached hydrogens (tertiary/aromatic N) is 1. The number of H-pyrrole nitrogens is 1. The van der Waals surface area contributed by atoms with Crippen LogP contribution >= 0.6 is 0 Å². The van der Waals surface area contributed by atoms with Crippen LogP contribution in [-0.4, -0.2) is 56.3 Å². The molecule has 1 aliphatic rings. The van der Waals surface area contributed by atoms with Crippen LogP contribution in [0.3, 0.4) is 0 Å². The number of nitrogens with one attached hydrogen (secondary N) is 1. The van der Waals surface area contributed by atoms with Crippen molar-refractivity contribution < 1.29 is 23.8 Å². The molecule has 1 fully saturated rings. The predicted octanol–water partition coefficient (Wildman–Crippen LogP) is -0.899. The van der Waals surface area contributed by atoms with Crippen LogP contribution in [0.4, 0.5) is 0 Å². The van der Waals surface area contributed by atoms with Gasteiger partial charge in [0.1, 0.15) is 0 Å². The van der Waals surface area contributed by atoms with E-state index in [1.54, 1.807) is 13.8 Å². The van der Waals surface area contributed by atoms with Crippen LogP contribution in [0.2, 0.25) is 4.82 Å². The molecule has 1 aromatic heterocycles. The Hall–Kier alpha value is -1.90. The van der Waals surface area contributed by atoms with E-state index >= 15 is 0 Å². The molecule has 1 aliphatic heterocycles. The Morgan fingerprint density at radius 2 is 2.00 bits per heavy atom. The molecule has 0 spiro atoms. The van der Waals surface area contributed by atoms with E-state index in [-0.39, 0.29) is 6.61 Å². The van der Waals surface area contributed by atoms with Crippen LogP contribution in [0, 0.1) is 6.92 Å². The Kier molecular flexibility index (Phi) is 5.55. The number of carbonyl (C=O) groups excluding carboxylic acids is 2. The van der Waals surface area contributed by atoms with E-state index in [1.165, 1.54) is 24.6 Å². The zero-order valence-corrected chi connectivity index (χ0v) is 16.1. The molecule has 1 aromatic rings. The number of rotatable bonds is 4. The van der Waals surface area contributed by atoms with Crippen molar-refractivity contribution in [2.45, 2.75) is 50.4 Å². The molecule has 0 aromatic carbocycles. The summed E-state index contributed by atoms with van der Waals surface area (Å²) in [5.41, 5.74) is -2.03. The monoisotopic (exact) mass is 420 g/mol. The summed E-state index contributed by atoms with van der Waals surface area (Å²) in [7, 11) is 0. The fourth-order valence-corrected chi connectivity index (χ4v) is 3.63. The summed E-state index contributed by atoms with van der Waals surface area (Å²) in [6.07, 6.45) is -0.119. The van der Waals surface area contributed by atoms with Gasteiger partial charge in [0, 0.05) is 0 Å². The van der Waals surface area contributed by atoms with Crippen molar-refractivity contribution in [1.82, 2.24) is 9.55 Å². The van der Waals surface area contributed by atoms with Crippen LogP contribution in [0.5, 0.6) is 0 Å². The summed E-state index contributed by atoms with van der Waals surface area (Å²) in [6, 6.07) is 0. The fraction of sp³-hybridized carbons (Fsp3) is 0.600. The minimum absolute atomic E-state index is 0.131. The number of aryl methyl sites for hydroxylation is 1. The average Bonchev–Trinajstić information content (AvgIpc) is 2.73. The number of hydrogen-bond acceptors (Lipinski definition) is 7. The first kappa shape index (κ1) is 19.4. The van der Waals surface area contributed by atoms with Crippen molar-refractivity contribution in [3.63, 3.8) is 0 Å². The van der Waals surface area contributed by atoms with Gasteiger partial charge in [-0.05, 0) is 0 Å². The van der Waals surface area contributed by atoms with Crippen LogP contribution in [-0.2, 0) is 29.5 Å². The van der Waals surface area contributed by atoms with Crippen LogP contribution in [0.15, 0.2) is 15.8 Å². The van der Waals surface area contributed by atoms with Crippen molar-refractivity contribution in [2.24, 2.45) is 0 Å². The first-order valence-corrected chi connectivity index (χ1v) is 8.64. The summed E-state index contributed by atoms with van der Waals surface area (Å²) in [5.74, 6) is -1.02. The summed E-state index contributed by atoms with van der Waals surface area (Å²) >= 11 is 2.31. The summed E-state index contributed by atoms with van der Waals surface area (Å²) < 4.78 is 17.5. The van der Waals surface area contributed by atoms with E-state index in [0.717, 1.165) is 0 Å². The van der Waals surface area contributed by atoms with Crippen LogP contribution in [0.25, 0.3) is 0 Å². The van der Waals surface area contributed by atoms with Gasteiger partial charge in [-0.1, -0.05) is 0 Å². The number of ether oxygens (including phenoxy) is 3. The van der Waals surface area contributed by atoms with E-state index < -0.39 is 45.9 Å². The van der Waals surface area contributed by atoms with Gasteiger partial charge in [-0.3, -0.25) is 0 Å². The summed E-state index contributed by atoms with van der Waals surface area (Å²) in [5, 5.41) is 0. The van der Waals surface area contributed by atoms with Gasteiger partial charge in [0.15, 0.2) is 0 Å². The van der Waals surface area contributed by atoms with Gasteiger partial charge < -0.3 is 0 Å². The third-order valence-electron chi connectivity index (χ3n) is 3.97. The first-order chi connectivity index (χ1) is 11.6. The number of aromatic amines is 1. The van der Waals surface area contributed by atoms with Crippen molar-refractivity contribution in [3.05, 3.63) is 32.6 Å². The SMILES string of the molecule is CC(=O)OC[C@H]1O[C@@](C)(n2cc(C)c(=O)[nH]c2=O)[C@H]([SeH])[C@@H]1OC(C)=O. The number of aromatic nitrogens is 2. The molecular formula is C15H20N2O7Se. The molecule has 4 atom stereocenters. The van der Waals surface area contributed by atoms with E-state index in [1.807, 2.05) is 0 Å². The van der Waals surface area contributed by atoms with Gasteiger partial charge in [-0.2, -0.15) is 0 Å². The Labute approximate surface area is 151 Å².